The van der Waals surface area contributed by atoms with Crippen molar-refractivity contribution in [2.24, 2.45) is 5.92 Å². The first-order chi connectivity index (χ1) is 6.69. The average molecular weight is 276 g/mol. The van der Waals surface area contributed by atoms with Gasteiger partial charge in [-0.05, 0) is 23.6 Å². The van der Waals surface area contributed by atoms with Crippen molar-refractivity contribution in [1.29, 1.82) is 0 Å². The number of rotatable bonds is 4. The molecule has 0 aromatic heterocycles. The molecule has 0 saturated heterocycles. The fourth-order valence-corrected chi connectivity index (χ4v) is 2.49. The van der Waals surface area contributed by atoms with E-state index in [2.05, 4.69) is 48.0 Å². The van der Waals surface area contributed by atoms with Gasteiger partial charge in [0.25, 0.3) is 0 Å². The highest BCUT2D eigenvalue weighted by atomic mass is 79.9. The van der Waals surface area contributed by atoms with E-state index in [1.165, 1.54) is 12.0 Å². The maximum atomic E-state index is 6.01. The van der Waals surface area contributed by atoms with Gasteiger partial charge in [-0.3, -0.25) is 0 Å². The first-order valence-electron chi connectivity index (χ1n) is 5.00. The summed E-state index contributed by atoms with van der Waals surface area (Å²) in [6, 6.07) is 8.44. The van der Waals surface area contributed by atoms with Crippen LogP contribution in [-0.2, 0) is 0 Å². The van der Waals surface area contributed by atoms with E-state index in [1.54, 1.807) is 0 Å². The largest absolute Gasteiger partial charge is 0.126 e. The second kappa shape index (κ2) is 5.77. The van der Waals surface area contributed by atoms with Crippen molar-refractivity contribution in [3.8, 4) is 0 Å². The van der Waals surface area contributed by atoms with Crippen molar-refractivity contribution in [3.05, 3.63) is 34.3 Å². The molecule has 0 aliphatic carbocycles. The molecular weight excluding hydrogens is 259 g/mol. The molecule has 0 heterocycles. The normalized spacial score (nSPS) is 15.1. The van der Waals surface area contributed by atoms with Gasteiger partial charge in [-0.1, -0.05) is 48.3 Å². The van der Waals surface area contributed by atoms with Gasteiger partial charge in [0.1, 0.15) is 0 Å². The smallest absolute Gasteiger partial charge is 0.0294 e. The molecule has 1 rings (SSSR count). The third-order valence-electron chi connectivity index (χ3n) is 2.77. The van der Waals surface area contributed by atoms with Gasteiger partial charge in [-0.15, -0.1) is 11.6 Å². The Labute approximate surface area is 99.8 Å². The fraction of sp³-hybridized carbons (Fsp3) is 0.500. The van der Waals surface area contributed by atoms with Gasteiger partial charge >= 0.3 is 0 Å². The van der Waals surface area contributed by atoms with Crippen molar-refractivity contribution < 1.29 is 0 Å². The predicted octanol–water partition coefficient (Wildman–Crippen LogP) is 4.82. The highest BCUT2D eigenvalue weighted by Gasteiger charge is 2.16. The summed E-state index contributed by atoms with van der Waals surface area (Å²) in [6.45, 7) is 4.47. The van der Waals surface area contributed by atoms with Gasteiger partial charge in [0.2, 0.25) is 0 Å². The van der Waals surface area contributed by atoms with Crippen LogP contribution in [0.2, 0.25) is 0 Å². The first kappa shape index (κ1) is 12.1. The third-order valence-corrected chi connectivity index (χ3v) is 3.60. The van der Waals surface area contributed by atoms with Crippen LogP contribution in [0.1, 0.15) is 31.7 Å². The van der Waals surface area contributed by atoms with Gasteiger partial charge in [-0.25, -0.2) is 0 Å². The van der Waals surface area contributed by atoms with E-state index in [0.29, 0.717) is 17.7 Å². The van der Waals surface area contributed by atoms with Gasteiger partial charge < -0.3 is 0 Å². The van der Waals surface area contributed by atoms with Crippen LogP contribution in [0.15, 0.2) is 28.7 Å². The SMILES string of the molecule is CCC(C)C(CCl)c1cccc(Br)c1. The van der Waals surface area contributed by atoms with Crippen LogP contribution in [0, 0.1) is 5.92 Å². The van der Waals surface area contributed by atoms with Gasteiger partial charge in [0, 0.05) is 16.3 Å². The van der Waals surface area contributed by atoms with E-state index in [1.807, 2.05) is 6.07 Å². The van der Waals surface area contributed by atoms with Crippen molar-refractivity contribution in [2.75, 3.05) is 5.88 Å². The lowest BCUT2D eigenvalue weighted by atomic mass is 9.87. The lowest BCUT2D eigenvalue weighted by Crippen LogP contribution is -2.10. The quantitative estimate of drug-likeness (QED) is 0.691. The molecule has 2 unspecified atom stereocenters. The number of hydrogen-bond acceptors (Lipinski definition) is 0. The van der Waals surface area contributed by atoms with Crippen LogP contribution in [0.5, 0.6) is 0 Å². The van der Waals surface area contributed by atoms with Crippen LogP contribution in [0.3, 0.4) is 0 Å². The van der Waals surface area contributed by atoms with E-state index in [9.17, 15) is 0 Å². The monoisotopic (exact) mass is 274 g/mol. The molecule has 0 spiro atoms. The molecule has 0 fully saturated rings. The Morgan fingerprint density at radius 1 is 1.43 bits per heavy atom. The Morgan fingerprint density at radius 2 is 2.14 bits per heavy atom. The molecule has 1 aromatic carbocycles. The summed E-state index contributed by atoms with van der Waals surface area (Å²) in [5.41, 5.74) is 1.34. The maximum Gasteiger partial charge on any atom is 0.0294 e. The van der Waals surface area contributed by atoms with Crippen molar-refractivity contribution in [3.63, 3.8) is 0 Å². The van der Waals surface area contributed by atoms with E-state index in [4.69, 9.17) is 11.6 Å². The van der Waals surface area contributed by atoms with E-state index >= 15 is 0 Å². The summed E-state index contributed by atoms with van der Waals surface area (Å²) in [5.74, 6) is 1.81. The molecule has 1 aromatic rings. The molecule has 0 amide bonds. The summed E-state index contributed by atoms with van der Waals surface area (Å²) >= 11 is 9.50. The Kier molecular flexibility index (Phi) is 4.97. The molecule has 2 atom stereocenters. The topological polar surface area (TPSA) is 0 Å². The van der Waals surface area contributed by atoms with Crippen molar-refractivity contribution in [2.45, 2.75) is 26.2 Å². The molecule has 0 nitrogen and oxygen atoms in total. The molecular formula is C12H16BrCl. The van der Waals surface area contributed by atoms with E-state index in [0.717, 1.165) is 4.47 Å². The Balaban J connectivity index is 2.89. The zero-order valence-corrected chi connectivity index (χ0v) is 11.0. The highest BCUT2D eigenvalue weighted by Crippen LogP contribution is 2.29. The van der Waals surface area contributed by atoms with Crippen LogP contribution in [0.25, 0.3) is 0 Å². The molecule has 14 heavy (non-hydrogen) atoms. The summed E-state index contributed by atoms with van der Waals surface area (Å²) in [6.07, 6.45) is 1.17. The molecule has 78 valence electrons. The maximum absolute atomic E-state index is 6.01. The van der Waals surface area contributed by atoms with Crippen molar-refractivity contribution >= 4 is 27.5 Å². The zero-order valence-electron chi connectivity index (χ0n) is 8.63. The predicted molar refractivity (Wildman–Crippen MR) is 67.1 cm³/mol. The molecule has 0 radical (unpaired) electrons. The second-order valence-corrected chi connectivity index (χ2v) is 4.93. The minimum Gasteiger partial charge on any atom is -0.126 e. The lowest BCUT2D eigenvalue weighted by Gasteiger charge is -2.21. The highest BCUT2D eigenvalue weighted by molar-refractivity contribution is 9.10. The minimum atomic E-state index is 0.471. The van der Waals surface area contributed by atoms with Crippen LogP contribution < -0.4 is 0 Å². The first-order valence-corrected chi connectivity index (χ1v) is 6.33. The summed E-state index contributed by atoms with van der Waals surface area (Å²) < 4.78 is 1.13. The minimum absolute atomic E-state index is 0.471. The number of benzene rings is 1. The molecule has 0 bridgehead atoms. The zero-order chi connectivity index (χ0) is 10.6. The Bertz CT molecular complexity index is 285. The molecule has 0 aliphatic rings. The average Bonchev–Trinajstić information content (AvgIpc) is 2.19. The Morgan fingerprint density at radius 3 is 2.64 bits per heavy atom. The van der Waals surface area contributed by atoms with Crippen LogP contribution >= 0.6 is 27.5 Å². The van der Waals surface area contributed by atoms with Gasteiger partial charge in [0.05, 0.1) is 0 Å². The summed E-state index contributed by atoms with van der Waals surface area (Å²) in [4.78, 5) is 0. The standard InChI is InChI=1S/C12H16BrCl/c1-3-9(2)12(8-14)10-5-4-6-11(13)7-10/h4-7,9,12H,3,8H2,1-2H3. The Hall–Kier alpha value is -0.0100. The number of halogens is 2. The molecule has 0 saturated carbocycles. The molecule has 2 heteroatoms. The number of alkyl halides is 1. The van der Waals surface area contributed by atoms with Crippen LogP contribution in [0.4, 0.5) is 0 Å². The van der Waals surface area contributed by atoms with Crippen LogP contribution in [-0.4, -0.2) is 5.88 Å². The van der Waals surface area contributed by atoms with Crippen molar-refractivity contribution in [1.82, 2.24) is 0 Å². The fourth-order valence-electron chi connectivity index (χ4n) is 1.59. The summed E-state index contributed by atoms with van der Waals surface area (Å²) in [7, 11) is 0. The van der Waals surface area contributed by atoms with E-state index < -0.39 is 0 Å². The molecule has 0 N–H and O–H groups in total. The summed E-state index contributed by atoms with van der Waals surface area (Å²) in [5, 5.41) is 0. The van der Waals surface area contributed by atoms with Gasteiger partial charge in [0.15, 0.2) is 0 Å². The number of hydrogen-bond donors (Lipinski definition) is 0. The van der Waals surface area contributed by atoms with E-state index in [-0.39, 0.29) is 0 Å². The molecule has 0 aliphatic heterocycles. The second-order valence-electron chi connectivity index (χ2n) is 3.70. The third kappa shape index (κ3) is 2.99. The lowest BCUT2D eigenvalue weighted by molar-refractivity contribution is 0.477. The van der Waals surface area contributed by atoms with Gasteiger partial charge in [-0.2, -0.15) is 0 Å².